The molecule has 1 fully saturated rings. The zero-order valence-electron chi connectivity index (χ0n) is 6.74. The van der Waals surface area contributed by atoms with Crippen LogP contribution >= 0.6 is 0 Å². The molecule has 0 aromatic carbocycles. The van der Waals surface area contributed by atoms with Crippen LogP contribution in [0.1, 0.15) is 0 Å². The van der Waals surface area contributed by atoms with E-state index in [4.69, 9.17) is 21.1 Å². The van der Waals surface area contributed by atoms with Crippen molar-refractivity contribution in [2.24, 2.45) is 5.73 Å². The van der Waals surface area contributed by atoms with Crippen molar-refractivity contribution in [1.82, 2.24) is 0 Å². The number of hydrogen-bond donors (Lipinski definition) is 6. The molecule has 0 aromatic rings. The van der Waals surface area contributed by atoms with Gasteiger partial charge in [0.2, 0.25) is 0 Å². The van der Waals surface area contributed by atoms with E-state index in [9.17, 15) is 10.2 Å². The number of ether oxygens (including phenoxy) is 1. The first kappa shape index (κ1) is 10.8. The Labute approximate surface area is 74.0 Å². The number of aliphatic hydroxyl groups excluding tert-OH is 3. The third-order valence-corrected chi connectivity index (χ3v) is 2.04. The van der Waals surface area contributed by atoms with Crippen LogP contribution in [0, 0.1) is 0 Å². The van der Waals surface area contributed by atoms with Gasteiger partial charge in [-0.2, -0.15) is 0 Å². The standard InChI is InChI=1S/C6H13NO6/c7-5-4(10)3(9)2(1-8)13-6(5,11)12/h2-5,8-12H,1,7H2/t2-,3-,4+,5-/m1/s1. The first-order chi connectivity index (χ1) is 5.90. The molecule has 1 rings (SSSR count). The van der Waals surface area contributed by atoms with Crippen LogP contribution in [-0.2, 0) is 4.74 Å². The van der Waals surface area contributed by atoms with Crippen molar-refractivity contribution >= 4 is 0 Å². The average molecular weight is 195 g/mol. The lowest BCUT2D eigenvalue weighted by Gasteiger charge is -2.42. The molecular weight excluding hydrogens is 182 g/mol. The summed E-state index contributed by atoms with van der Waals surface area (Å²) in [4.78, 5) is 0. The van der Waals surface area contributed by atoms with Gasteiger partial charge in [0.25, 0.3) is 5.97 Å². The highest BCUT2D eigenvalue weighted by atomic mass is 16.8. The summed E-state index contributed by atoms with van der Waals surface area (Å²) in [5.41, 5.74) is 5.15. The van der Waals surface area contributed by atoms with Gasteiger partial charge in [-0.1, -0.05) is 0 Å². The molecule has 0 unspecified atom stereocenters. The second-order valence-electron chi connectivity index (χ2n) is 3.00. The van der Waals surface area contributed by atoms with Gasteiger partial charge >= 0.3 is 0 Å². The molecule has 0 aromatic heterocycles. The lowest BCUT2D eigenvalue weighted by molar-refractivity contribution is -0.406. The number of hydrogen-bond acceptors (Lipinski definition) is 7. The Kier molecular flexibility index (Phi) is 2.88. The fourth-order valence-electron chi connectivity index (χ4n) is 1.17. The Balaban J connectivity index is 2.79. The van der Waals surface area contributed by atoms with Gasteiger partial charge in [-0.05, 0) is 0 Å². The van der Waals surface area contributed by atoms with E-state index < -0.39 is 36.9 Å². The Morgan fingerprint density at radius 1 is 1.23 bits per heavy atom. The summed E-state index contributed by atoms with van der Waals surface area (Å²) in [7, 11) is 0. The quantitative estimate of drug-likeness (QED) is 0.235. The topological polar surface area (TPSA) is 136 Å². The molecule has 13 heavy (non-hydrogen) atoms. The zero-order valence-corrected chi connectivity index (χ0v) is 6.74. The summed E-state index contributed by atoms with van der Waals surface area (Å²) in [6.07, 6.45) is -4.25. The molecule has 1 saturated heterocycles. The van der Waals surface area contributed by atoms with Crippen LogP contribution in [-0.4, -0.2) is 62.5 Å². The fourth-order valence-corrected chi connectivity index (χ4v) is 1.17. The minimum atomic E-state index is -2.73. The molecular formula is C6H13NO6. The third kappa shape index (κ3) is 1.81. The Morgan fingerprint density at radius 2 is 1.77 bits per heavy atom. The van der Waals surface area contributed by atoms with E-state index in [-0.39, 0.29) is 0 Å². The molecule has 0 aliphatic carbocycles. The minimum absolute atomic E-state index is 0.645. The van der Waals surface area contributed by atoms with Crippen molar-refractivity contribution in [3.8, 4) is 0 Å². The Bertz CT molecular complexity index is 184. The highest BCUT2D eigenvalue weighted by Crippen LogP contribution is 2.24. The molecule has 1 heterocycles. The van der Waals surface area contributed by atoms with Crippen LogP contribution in [0.3, 0.4) is 0 Å². The highest BCUT2D eigenvalue weighted by Gasteiger charge is 2.50. The van der Waals surface area contributed by atoms with Crippen LogP contribution in [0.4, 0.5) is 0 Å². The van der Waals surface area contributed by atoms with Gasteiger partial charge in [0.15, 0.2) is 0 Å². The first-order valence-corrected chi connectivity index (χ1v) is 3.75. The van der Waals surface area contributed by atoms with Gasteiger partial charge in [-0.15, -0.1) is 0 Å². The molecule has 78 valence electrons. The van der Waals surface area contributed by atoms with E-state index in [1.165, 1.54) is 0 Å². The van der Waals surface area contributed by atoms with E-state index in [1.54, 1.807) is 0 Å². The highest BCUT2D eigenvalue weighted by molar-refractivity contribution is 4.93. The maximum atomic E-state index is 9.20. The lowest BCUT2D eigenvalue weighted by atomic mass is 9.96. The molecule has 0 saturated carbocycles. The summed E-state index contributed by atoms with van der Waals surface area (Å²) < 4.78 is 4.44. The second-order valence-corrected chi connectivity index (χ2v) is 3.00. The van der Waals surface area contributed by atoms with Crippen molar-refractivity contribution in [3.63, 3.8) is 0 Å². The van der Waals surface area contributed by atoms with Crippen molar-refractivity contribution < 1.29 is 30.3 Å². The molecule has 1 aliphatic heterocycles. The normalized spacial score (nSPS) is 44.8. The van der Waals surface area contributed by atoms with Crippen LogP contribution < -0.4 is 5.73 Å². The molecule has 7 nitrogen and oxygen atoms in total. The minimum Gasteiger partial charge on any atom is -0.394 e. The largest absolute Gasteiger partial charge is 0.394 e. The van der Waals surface area contributed by atoms with E-state index in [0.717, 1.165) is 0 Å². The van der Waals surface area contributed by atoms with Gasteiger partial charge in [-0.25, -0.2) is 0 Å². The summed E-state index contributed by atoms with van der Waals surface area (Å²) in [6, 6.07) is -1.54. The number of aliphatic hydroxyl groups is 5. The summed E-state index contributed by atoms with van der Waals surface area (Å²) in [5.74, 6) is -2.73. The summed E-state index contributed by atoms with van der Waals surface area (Å²) >= 11 is 0. The molecule has 1 aliphatic rings. The van der Waals surface area contributed by atoms with E-state index in [0.29, 0.717) is 0 Å². The van der Waals surface area contributed by atoms with Crippen molar-refractivity contribution in [2.45, 2.75) is 30.3 Å². The van der Waals surface area contributed by atoms with Gasteiger partial charge < -0.3 is 36.0 Å². The maximum absolute atomic E-state index is 9.20. The molecule has 7 heteroatoms. The number of nitrogens with two attached hydrogens (primary N) is 1. The maximum Gasteiger partial charge on any atom is 0.297 e. The first-order valence-electron chi connectivity index (χ1n) is 3.75. The lowest BCUT2D eigenvalue weighted by Crippen LogP contribution is -2.68. The van der Waals surface area contributed by atoms with Gasteiger partial charge in [0, 0.05) is 0 Å². The van der Waals surface area contributed by atoms with E-state index in [2.05, 4.69) is 4.74 Å². The molecule has 0 radical (unpaired) electrons. The zero-order chi connectivity index (χ0) is 10.2. The number of rotatable bonds is 1. The van der Waals surface area contributed by atoms with Crippen LogP contribution in [0.5, 0.6) is 0 Å². The SMILES string of the molecule is N[C@@H]1[C@@H](O)[C@H](O)[C@@H](CO)OC1(O)O. The van der Waals surface area contributed by atoms with E-state index >= 15 is 0 Å². The smallest absolute Gasteiger partial charge is 0.297 e. The van der Waals surface area contributed by atoms with Crippen LogP contribution in [0.2, 0.25) is 0 Å². The van der Waals surface area contributed by atoms with Crippen molar-refractivity contribution in [2.75, 3.05) is 6.61 Å². The van der Waals surface area contributed by atoms with Gasteiger partial charge in [-0.3, -0.25) is 0 Å². The Morgan fingerprint density at radius 3 is 2.23 bits per heavy atom. The average Bonchev–Trinajstić information content (AvgIpc) is 2.08. The van der Waals surface area contributed by atoms with Crippen molar-refractivity contribution in [3.05, 3.63) is 0 Å². The molecule has 0 amide bonds. The summed E-state index contributed by atoms with van der Waals surface area (Å²) in [6.45, 7) is -0.645. The van der Waals surface area contributed by atoms with E-state index in [1.807, 2.05) is 0 Å². The predicted octanol–water partition coefficient (Wildman–Crippen LogP) is -3.94. The molecule has 7 N–H and O–H groups in total. The van der Waals surface area contributed by atoms with Crippen LogP contribution in [0.25, 0.3) is 0 Å². The third-order valence-electron chi connectivity index (χ3n) is 2.04. The second kappa shape index (κ2) is 3.46. The summed E-state index contributed by atoms with van der Waals surface area (Å²) in [5, 5.41) is 45.2. The van der Waals surface area contributed by atoms with Crippen LogP contribution in [0.15, 0.2) is 0 Å². The predicted molar refractivity (Wildman–Crippen MR) is 39.1 cm³/mol. The van der Waals surface area contributed by atoms with Crippen molar-refractivity contribution in [1.29, 1.82) is 0 Å². The molecule has 4 atom stereocenters. The molecule has 0 spiro atoms. The Hall–Kier alpha value is -0.280. The molecule has 0 bridgehead atoms. The van der Waals surface area contributed by atoms with Gasteiger partial charge in [0.1, 0.15) is 24.4 Å². The fraction of sp³-hybridized carbons (Fsp3) is 1.00. The van der Waals surface area contributed by atoms with Gasteiger partial charge in [0.05, 0.1) is 6.61 Å². The monoisotopic (exact) mass is 195 g/mol.